The zero-order chi connectivity index (χ0) is 66.8. The first kappa shape index (κ1) is 66.8. The summed E-state index contributed by atoms with van der Waals surface area (Å²) in [5.41, 5.74) is 3.49. The van der Waals surface area contributed by atoms with Gasteiger partial charge in [0.15, 0.2) is 11.5 Å². The van der Waals surface area contributed by atoms with Gasteiger partial charge in [-0.1, -0.05) is 17.7 Å². The van der Waals surface area contributed by atoms with E-state index in [9.17, 15) is 40.7 Å². The number of hydrogen-bond donors (Lipinski definition) is 3. The van der Waals surface area contributed by atoms with Gasteiger partial charge in [-0.3, -0.25) is 14.4 Å². The van der Waals surface area contributed by atoms with Gasteiger partial charge in [-0.25, -0.2) is 49.8 Å². The van der Waals surface area contributed by atoms with E-state index < -0.39 is 23.6 Å². The number of oxazole rings is 1. The molecule has 0 bridgehead atoms. The molecule has 30 heteroatoms. The fraction of sp³-hybridized carbons (Fsp3) is 0.359. The van der Waals surface area contributed by atoms with Crippen LogP contribution in [0.2, 0.25) is 5.02 Å². The van der Waals surface area contributed by atoms with Gasteiger partial charge in [0.1, 0.15) is 29.3 Å². The topological polar surface area (TPSA) is 270 Å². The van der Waals surface area contributed by atoms with E-state index in [0.717, 1.165) is 61.2 Å². The van der Waals surface area contributed by atoms with Crippen LogP contribution in [0.4, 0.5) is 43.9 Å². The molecule has 12 rings (SSSR count). The Morgan fingerprint density at radius 3 is 1.73 bits per heavy atom. The summed E-state index contributed by atoms with van der Waals surface area (Å²) in [6, 6.07) is 15.4. The number of pyridine rings is 3. The Labute approximate surface area is 541 Å². The third-order valence-electron chi connectivity index (χ3n) is 16.3. The molecular weight excluding hydrogens is 1250 g/mol. The predicted molar refractivity (Wildman–Crippen MR) is 335 cm³/mol. The number of carbonyl (C=O) groups is 3. The number of nitrogens with one attached hydrogen (secondary N) is 3. The fourth-order valence-corrected chi connectivity index (χ4v) is 11.4. The van der Waals surface area contributed by atoms with E-state index in [1.54, 1.807) is 90.4 Å². The molecule has 0 spiro atoms. The third kappa shape index (κ3) is 16.0. The SMILES string of the molecule is Cc1ccc(-c2ncccn2)c(C(=O)N2CCC[C@@H](Nc3ncc(C(F)(F)F)cn3)[C@@H]2C)n1.Cc1ccc(C(=O)N2CCC[C@@H](Nc3cnc(C(F)(F)F)cn3)[C@@H]2C)c(-n2nccn2)c1.Cc1cnc(C(=O)N2CCC[C@@H](Nc3ccc(Cl)cn3)[C@@H]2C)c(-c2ncco2)c1. The molecule has 3 aliphatic rings. The summed E-state index contributed by atoms with van der Waals surface area (Å²) in [5, 5.41) is 18.5. The maximum atomic E-state index is 13.5. The summed E-state index contributed by atoms with van der Waals surface area (Å²) in [6.45, 7) is 13.3. The molecule has 490 valence electrons. The van der Waals surface area contributed by atoms with E-state index in [2.05, 4.69) is 76.0 Å². The highest BCUT2D eigenvalue weighted by Crippen LogP contribution is 2.33. The lowest BCUT2D eigenvalue weighted by atomic mass is 9.96. The molecule has 94 heavy (non-hydrogen) atoms. The van der Waals surface area contributed by atoms with Crippen LogP contribution < -0.4 is 16.0 Å². The minimum Gasteiger partial charge on any atom is -0.444 e. The van der Waals surface area contributed by atoms with Crippen LogP contribution in [0.15, 0.2) is 133 Å². The van der Waals surface area contributed by atoms with Crippen LogP contribution >= 0.6 is 11.6 Å². The van der Waals surface area contributed by atoms with E-state index in [-0.39, 0.29) is 71.4 Å². The van der Waals surface area contributed by atoms with Crippen molar-refractivity contribution in [1.29, 1.82) is 0 Å². The van der Waals surface area contributed by atoms with Crippen molar-refractivity contribution in [3.05, 3.63) is 179 Å². The first-order valence-electron chi connectivity index (χ1n) is 30.2. The minimum absolute atomic E-state index is 0.0331. The molecule has 8 aromatic heterocycles. The Balaban J connectivity index is 0.000000154. The monoisotopic (exact) mass is 1310 g/mol. The Kier molecular flexibility index (Phi) is 20.8. The second-order valence-corrected chi connectivity index (χ2v) is 23.3. The minimum atomic E-state index is -4.54. The number of likely N-dealkylation sites (tertiary alicyclic amines) is 3. The van der Waals surface area contributed by atoms with Gasteiger partial charge in [0.25, 0.3) is 17.7 Å². The van der Waals surface area contributed by atoms with Crippen molar-refractivity contribution in [2.75, 3.05) is 35.6 Å². The number of piperidine rings is 3. The lowest BCUT2D eigenvalue weighted by Crippen LogP contribution is -2.52. The molecule has 23 nitrogen and oxygen atoms in total. The number of rotatable bonds is 12. The Morgan fingerprint density at radius 2 is 1.16 bits per heavy atom. The van der Waals surface area contributed by atoms with Crippen LogP contribution in [0.3, 0.4) is 0 Å². The summed E-state index contributed by atoms with van der Waals surface area (Å²) in [5.74, 6) is 1.33. The summed E-state index contributed by atoms with van der Waals surface area (Å²) >= 11 is 5.92. The molecule has 1 aromatic carbocycles. The largest absolute Gasteiger partial charge is 0.444 e. The van der Waals surface area contributed by atoms with Gasteiger partial charge in [-0.2, -0.15) is 41.3 Å². The Hall–Kier alpha value is -10.1. The quantitative estimate of drug-likeness (QED) is 0.0959. The summed E-state index contributed by atoms with van der Waals surface area (Å²) in [6.07, 6.45) is 11.6. The standard InChI is InChI=1S/C22H22F3N7O.C21H22ClN5O2.C21H22F3N7O/c1-13-6-7-16(19-26-8-4-9-27-19)18(30-13)20(33)32-10-3-5-17(14(32)2)31-21-28-11-15(12-29-21)22(23,24)25;1-13-10-16(20-23-7-9-29-20)19(25-11-13)21(28)27-8-3-4-17(14(27)2)26-18-6-5-15(22)12-24-18;1-13-5-6-15(17(10-13)31-27-7-8-28-31)20(32)30-9-3-4-16(14(30)2)29-19-12-25-18(11-26-19)21(22,23)24/h4,6-9,11-12,14,17H,3,5,10H2,1-2H3,(H,28,29,31);5-7,9-12,14,17H,3-4,8H2,1-2H3,(H,24,26);5-8,10-12,14,16H,3-4,9H2,1-2H3,(H,26,29)/t2*14-,17+;14-,16+/m000/s1. The van der Waals surface area contributed by atoms with E-state index in [4.69, 9.17) is 16.0 Å². The number of anilines is 3. The van der Waals surface area contributed by atoms with E-state index in [1.807, 2.05) is 63.8 Å². The number of carbonyl (C=O) groups excluding carboxylic acids is 3. The number of aryl methyl sites for hydroxylation is 3. The number of nitrogens with zero attached hydrogens (tertiary/aromatic N) is 16. The van der Waals surface area contributed by atoms with Gasteiger partial charge in [-0.15, -0.1) is 0 Å². The molecule has 11 heterocycles. The molecule has 0 unspecified atom stereocenters. The smallest absolute Gasteiger partial charge is 0.434 e. The van der Waals surface area contributed by atoms with E-state index in [0.29, 0.717) is 89.2 Å². The predicted octanol–water partition coefficient (Wildman–Crippen LogP) is 11.4. The zero-order valence-electron chi connectivity index (χ0n) is 51.9. The van der Waals surface area contributed by atoms with E-state index >= 15 is 0 Å². The average Bonchev–Trinajstić information content (AvgIpc) is 0.886. The van der Waals surface area contributed by atoms with Crippen LogP contribution in [-0.4, -0.2) is 153 Å². The maximum Gasteiger partial charge on any atom is 0.434 e. The summed E-state index contributed by atoms with van der Waals surface area (Å²) in [7, 11) is 0. The van der Waals surface area contributed by atoms with Crippen LogP contribution in [0.5, 0.6) is 0 Å². The lowest BCUT2D eigenvalue weighted by molar-refractivity contribution is -0.141. The molecule has 3 saturated heterocycles. The summed E-state index contributed by atoms with van der Waals surface area (Å²) < 4.78 is 81.9. The number of halogens is 7. The lowest BCUT2D eigenvalue weighted by Gasteiger charge is -2.40. The number of hydrogen-bond acceptors (Lipinski definition) is 19. The van der Waals surface area contributed by atoms with Gasteiger partial charge >= 0.3 is 12.4 Å². The number of benzene rings is 1. The summed E-state index contributed by atoms with van der Waals surface area (Å²) in [4.78, 5) is 88.0. The van der Waals surface area contributed by atoms with Gasteiger partial charge < -0.3 is 35.1 Å². The molecular formula is C64H66ClF6N19O4. The van der Waals surface area contributed by atoms with Crippen molar-refractivity contribution < 1.29 is 45.1 Å². The molecule has 0 saturated carbocycles. The highest BCUT2D eigenvalue weighted by molar-refractivity contribution is 6.30. The highest BCUT2D eigenvalue weighted by Gasteiger charge is 2.38. The maximum absolute atomic E-state index is 13.5. The van der Waals surface area contributed by atoms with Crippen molar-refractivity contribution in [1.82, 2.24) is 79.5 Å². The van der Waals surface area contributed by atoms with Gasteiger partial charge in [0.05, 0.1) is 63.9 Å². The van der Waals surface area contributed by atoms with Crippen LogP contribution in [0.25, 0.3) is 28.5 Å². The number of amides is 3. The highest BCUT2D eigenvalue weighted by atomic mass is 35.5. The number of alkyl halides is 6. The van der Waals surface area contributed by atoms with Crippen LogP contribution in [0, 0.1) is 20.8 Å². The first-order valence-corrected chi connectivity index (χ1v) is 30.6. The second-order valence-electron chi connectivity index (χ2n) is 22.8. The van der Waals surface area contributed by atoms with Crippen molar-refractivity contribution in [3.63, 3.8) is 0 Å². The molecule has 0 aliphatic carbocycles. The van der Waals surface area contributed by atoms with Crippen LogP contribution in [0.1, 0.15) is 119 Å². The Morgan fingerprint density at radius 1 is 0.553 bits per heavy atom. The number of aromatic nitrogens is 13. The zero-order valence-corrected chi connectivity index (χ0v) is 52.6. The molecule has 6 atom stereocenters. The second kappa shape index (κ2) is 29.3. The van der Waals surface area contributed by atoms with Gasteiger partial charge in [0, 0.05) is 98.8 Å². The van der Waals surface area contributed by atoms with Crippen molar-refractivity contribution >= 4 is 46.9 Å². The van der Waals surface area contributed by atoms with Gasteiger partial charge in [-0.05, 0) is 140 Å². The van der Waals surface area contributed by atoms with Crippen molar-refractivity contribution in [3.8, 4) is 28.5 Å². The molecule has 3 fully saturated rings. The third-order valence-corrected chi connectivity index (χ3v) is 16.6. The molecule has 3 aliphatic heterocycles. The molecule has 3 N–H and O–H groups in total. The van der Waals surface area contributed by atoms with Crippen molar-refractivity contribution in [2.24, 2.45) is 0 Å². The molecule has 9 aromatic rings. The van der Waals surface area contributed by atoms with E-state index in [1.165, 1.54) is 11.1 Å². The Bertz CT molecular complexity index is 4030. The first-order chi connectivity index (χ1) is 45.0. The average molecular weight is 1310 g/mol. The molecule has 3 amide bonds. The fourth-order valence-electron chi connectivity index (χ4n) is 11.3. The van der Waals surface area contributed by atoms with Crippen LogP contribution in [-0.2, 0) is 12.4 Å². The molecule has 0 radical (unpaired) electrons. The van der Waals surface area contributed by atoms with Gasteiger partial charge in [0.2, 0.25) is 11.8 Å². The van der Waals surface area contributed by atoms with Crippen molar-refractivity contribution in [2.45, 2.75) is 129 Å². The normalized spacial score (nSPS) is 19.0.